The summed E-state index contributed by atoms with van der Waals surface area (Å²) in [6.07, 6.45) is 3.18. The highest BCUT2D eigenvalue weighted by atomic mass is 19.1. The van der Waals surface area contributed by atoms with E-state index >= 15 is 0 Å². The van der Waals surface area contributed by atoms with Crippen molar-refractivity contribution in [2.75, 3.05) is 26.7 Å². The normalized spacial score (nSPS) is 15.0. The molecule has 0 spiro atoms. The van der Waals surface area contributed by atoms with Gasteiger partial charge in [0.15, 0.2) is 5.96 Å². The number of carbonyl (C=O) groups is 1. The third-order valence-electron chi connectivity index (χ3n) is 4.91. The van der Waals surface area contributed by atoms with Crippen molar-refractivity contribution in [3.63, 3.8) is 0 Å². The van der Waals surface area contributed by atoms with Gasteiger partial charge in [0, 0.05) is 38.9 Å². The highest BCUT2D eigenvalue weighted by Crippen LogP contribution is 2.21. The van der Waals surface area contributed by atoms with Crippen LogP contribution in [0.5, 0.6) is 11.6 Å². The van der Waals surface area contributed by atoms with E-state index in [1.807, 2.05) is 19.1 Å². The van der Waals surface area contributed by atoms with Crippen LogP contribution in [0.25, 0.3) is 0 Å². The topological polar surface area (TPSA) is 76.0 Å². The minimum Gasteiger partial charge on any atom is -0.466 e. The first-order chi connectivity index (χ1) is 14.6. The van der Waals surface area contributed by atoms with Gasteiger partial charge in [0.05, 0.1) is 12.5 Å². The van der Waals surface area contributed by atoms with Crippen LogP contribution in [0.2, 0.25) is 0 Å². The van der Waals surface area contributed by atoms with Gasteiger partial charge >= 0.3 is 5.97 Å². The molecule has 1 aromatic carbocycles. The van der Waals surface area contributed by atoms with E-state index < -0.39 is 0 Å². The van der Waals surface area contributed by atoms with Gasteiger partial charge in [-0.1, -0.05) is 0 Å². The third kappa shape index (κ3) is 5.92. The number of guanidine groups is 1. The fourth-order valence-corrected chi connectivity index (χ4v) is 3.34. The number of benzene rings is 1. The minimum atomic E-state index is -0.314. The summed E-state index contributed by atoms with van der Waals surface area (Å²) < 4.78 is 23.8. The van der Waals surface area contributed by atoms with Gasteiger partial charge in [0.1, 0.15) is 11.6 Å². The maximum atomic E-state index is 13.0. The van der Waals surface area contributed by atoms with Crippen LogP contribution in [0.3, 0.4) is 0 Å². The summed E-state index contributed by atoms with van der Waals surface area (Å²) >= 11 is 0. The van der Waals surface area contributed by atoms with Crippen LogP contribution >= 0.6 is 0 Å². The Morgan fingerprint density at radius 2 is 2.00 bits per heavy atom. The van der Waals surface area contributed by atoms with Gasteiger partial charge in [-0.25, -0.2) is 9.37 Å². The van der Waals surface area contributed by atoms with Gasteiger partial charge < -0.3 is 19.7 Å². The summed E-state index contributed by atoms with van der Waals surface area (Å²) in [7, 11) is 1.75. The SMILES string of the molecule is CCOC(=O)C1CCN(C(=NC)NCc2ccnc(Oc3ccc(F)cc3)c2)CC1. The molecule has 1 fully saturated rings. The minimum absolute atomic E-state index is 0.0364. The van der Waals surface area contributed by atoms with E-state index in [1.165, 1.54) is 12.1 Å². The monoisotopic (exact) mass is 414 g/mol. The van der Waals surface area contributed by atoms with E-state index in [2.05, 4.69) is 20.2 Å². The molecule has 0 amide bonds. The van der Waals surface area contributed by atoms with E-state index in [9.17, 15) is 9.18 Å². The Hall–Kier alpha value is -3.16. The van der Waals surface area contributed by atoms with Crippen LogP contribution in [0.1, 0.15) is 25.3 Å². The number of pyridine rings is 1. The molecular formula is C22H27FN4O3. The first kappa shape index (κ1) is 21.5. The number of likely N-dealkylation sites (tertiary alicyclic amines) is 1. The number of nitrogens with zero attached hydrogens (tertiary/aromatic N) is 3. The number of aliphatic imine (C=N–C) groups is 1. The van der Waals surface area contributed by atoms with Crippen LogP contribution in [0, 0.1) is 11.7 Å². The molecule has 2 heterocycles. The molecule has 0 bridgehead atoms. The Balaban J connectivity index is 1.53. The third-order valence-corrected chi connectivity index (χ3v) is 4.91. The molecule has 0 radical (unpaired) electrons. The molecule has 0 atom stereocenters. The number of piperidine rings is 1. The molecule has 1 aromatic heterocycles. The number of carbonyl (C=O) groups excluding carboxylic acids is 1. The van der Waals surface area contributed by atoms with Gasteiger partial charge in [-0.2, -0.15) is 0 Å². The fourth-order valence-electron chi connectivity index (χ4n) is 3.34. The smallest absolute Gasteiger partial charge is 0.309 e. The lowest BCUT2D eigenvalue weighted by Crippen LogP contribution is -2.46. The van der Waals surface area contributed by atoms with Crippen molar-refractivity contribution in [3.8, 4) is 11.6 Å². The van der Waals surface area contributed by atoms with E-state index in [4.69, 9.17) is 9.47 Å². The molecule has 0 unspecified atom stereocenters. The van der Waals surface area contributed by atoms with E-state index in [0.717, 1.165) is 37.5 Å². The summed E-state index contributed by atoms with van der Waals surface area (Å²) in [5.41, 5.74) is 0.977. The lowest BCUT2D eigenvalue weighted by molar-refractivity contribution is -0.149. The van der Waals surface area contributed by atoms with Crippen LogP contribution in [0.15, 0.2) is 47.6 Å². The first-order valence-electron chi connectivity index (χ1n) is 10.1. The first-order valence-corrected chi connectivity index (χ1v) is 10.1. The number of esters is 1. The molecule has 0 aliphatic carbocycles. The molecular weight excluding hydrogens is 387 g/mol. The van der Waals surface area contributed by atoms with E-state index in [1.54, 1.807) is 25.4 Å². The van der Waals surface area contributed by atoms with Crippen LogP contribution in [0.4, 0.5) is 4.39 Å². The number of ether oxygens (including phenoxy) is 2. The lowest BCUT2D eigenvalue weighted by atomic mass is 9.97. The number of halogens is 1. The van der Waals surface area contributed by atoms with Crippen molar-refractivity contribution < 1.29 is 18.7 Å². The Morgan fingerprint density at radius 1 is 1.27 bits per heavy atom. The largest absolute Gasteiger partial charge is 0.466 e. The summed E-state index contributed by atoms with van der Waals surface area (Å²) in [4.78, 5) is 22.6. The predicted octanol–water partition coefficient (Wildman–Crippen LogP) is 3.36. The molecule has 0 saturated carbocycles. The van der Waals surface area contributed by atoms with Crippen LogP contribution in [-0.2, 0) is 16.1 Å². The van der Waals surface area contributed by atoms with Crippen LogP contribution < -0.4 is 10.1 Å². The molecule has 160 valence electrons. The summed E-state index contributed by atoms with van der Waals surface area (Å²) in [6, 6.07) is 9.53. The Labute approximate surface area is 175 Å². The fraction of sp³-hybridized carbons (Fsp3) is 0.409. The van der Waals surface area contributed by atoms with Gasteiger partial charge in [0.25, 0.3) is 0 Å². The van der Waals surface area contributed by atoms with Crippen molar-refractivity contribution in [3.05, 3.63) is 54.0 Å². The number of rotatable bonds is 6. The lowest BCUT2D eigenvalue weighted by Gasteiger charge is -2.33. The predicted molar refractivity (Wildman–Crippen MR) is 112 cm³/mol. The highest BCUT2D eigenvalue weighted by Gasteiger charge is 2.27. The molecule has 2 aromatic rings. The quantitative estimate of drug-likeness (QED) is 0.444. The molecule has 1 saturated heterocycles. The Morgan fingerprint density at radius 3 is 2.67 bits per heavy atom. The zero-order chi connectivity index (χ0) is 21.3. The van der Waals surface area contributed by atoms with Crippen molar-refractivity contribution >= 4 is 11.9 Å². The van der Waals surface area contributed by atoms with Crippen molar-refractivity contribution in [2.45, 2.75) is 26.3 Å². The average molecular weight is 414 g/mol. The molecule has 1 N–H and O–H groups in total. The van der Waals surface area contributed by atoms with Crippen molar-refractivity contribution in [1.82, 2.24) is 15.2 Å². The summed E-state index contributed by atoms with van der Waals surface area (Å²) in [6.45, 7) is 4.29. The van der Waals surface area contributed by atoms with Gasteiger partial charge in [-0.05, 0) is 55.7 Å². The average Bonchev–Trinajstić information content (AvgIpc) is 2.77. The number of aromatic nitrogens is 1. The Bertz CT molecular complexity index is 865. The molecule has 8 heteroatoms. The van der Waals surface area contributed by atoms with E-state index in [-0.39, 0.29) is 17.7 Å². The molecule has 30 heavy (non-hydrogen) atoms. The second-order valence-corrected chi connectivity index (χ2v) is 6.97. The van der Waals surface area contributed by atoms with Crippen molar-refractivity contribution in [2.24, 2.45) is 10.9 Å². The maximum absolute atomic E-state index is 13.0. The van der Waals surface area contributed by atoms with Crippen LogP contribution in [-0.4, -0.2) is 48.6 Å². The second-order valence-electron chi connectivity index (χ2n) is 6.97. The number of hydrogen-bond donors (Lipinski definition) is 1. The van der Waals surface area contributed by atoms with Crippen molar-refractivity contribution in [1.29, 1.82) is 0 Å². The van der Waals surface area contributed by atoms with Gasteiger partial charge in [-0.15, -0.1) is 0 Å². The number of nitrogens with one attached hydrogen (secondary N) is 1. The van der Waals surface area contributed by atoms with E-state index in [0.29, 0.717) is 24.8 Å². The molecule has 1 aliphatic rings. The molecule has 1 aliphatic heterocycles. The second kappa shape index (κ2) is 10.6. The maximum Gasteiger partial charge on any atom is 0.309 e. The standard InChI is InChI=1S/C22H27FN4O3/c1-3-29-21(28)17-9-12-27(13-10-17)22(24-2)26-15-16-8-11-25-20(14-16)30-19-6-4-18(23)5-7-19/h4-8,11,14,17H,3,9-10,12-13,15H2,1-2H3,(H,24,26). The zero-order valence-corrected chi connectivity index (χ0v) is 17.3. The highest BCUT2D eigenvalue weighted by molar-refractivity contribution is 5.80. The van der Waals surface area contributed by atoms with Gasteiger partial charge in [0.2, 0.25) is 5.88 Å². The van der Waals surface area contributed by atoms with Gasteiger partial charge in [-0.3, -0.25) is 9.79 Å². The zero-order valence-electron chi connectivity index (χ0n) is 17.3. The molecule has 3 rings (SSSR count). The molecule has 7 nitrogen and oxygen atoms in total. The Kier molecular flexibility index (Phi) is 7.59. The number of hydrogen-bond acceptors (Lipinski definition) is 5. The summed E-state index contributed by atoms with van der Waals surface area (Å²) in [5.74, 6) is 1.29. The summed E-state index contributed by atoms with van der Waals surface area (Å²) in [5, 5.41) is 3.35.